The SMILES string of the molecule is CNC(=O)c1ccc(NC(=O)C[NH+]2CC[NH+](Cc3cc(F)ccc3OC)CC2)cc1. The van der Waals surface area contributed by atoms with Gasteiger partial charge in [0.15, 0.2) is 6.54 Å². The van der Waals surface area contributed by atoms with Crippen LogP contribution in [0.15, 0.2) is 42.5 Å². The lowest BCUT2D eigenvalue weighted by Gasteiger charge is -2.29. The number of ether oxygens (including phenoxy) is 1. The number of carbonyl (C=O) groups excluding carboxylic acids is 2. The van der Waals surface area contributed by atoms with Gasteiger partial charge < -0.3 is 25.2 Å². The Hall–Kier alpha value is -2.97. The number of rotatable bonds is 7. The summed E-state index contributed by atoms with van der Waals surface area (Å²) < 4.78 is 18.9. The molecule has 8 heteroatoms. The highest BCUT2D eigenvalue weighted by Crippen LogP contribution is 2.18. The summed E-state index contributed by atoms with van der Waals surface area (Å²) in [5.41, 5.74) is 2.10. The Balaban J connectivity index is 1.46. The van der Waals surface area contributed by atoms with Gasteiger partial charge in [0.05, 0.1) is 12.7 Å². The molecule has 2 aromatic rings. The summed E-state index contributed by atoms with van der Waals surface area (Å²) in [6.07, 6.45) is 0. The van der Waals surface area contributed by atoms with E-state index in [0.29, 0.717) is 30.1 Å². The van der Waals surface area contributed by atoms with Gasteiger partial charge in [-0.1, -0.05) is 0 Å². The quantitative estimate of drug-likeness (QED) is 0.473. The minimum absolute atomic E-state index is 0.0482. The number of halogens is 1. The van der Waals surface area contributed by atoms with E-state index in [9.17, 15) is 14.0 Å². The van der Waals surface area contributed by atoms with E-state index in [1.54, 1.807) is 44.5 Å². The molecule has 30 heavy (non-hydrogen) atoms. The summed E-state index contributed by atoms with van der Waals surface area (Å²) >= 11 is 0. The molecule has 0 saturated carbocycles. The summed E-state index contributed by atoms with van der Waals surface area (Å²) in [6, 6.07) is 11.4. The molecule has 0 atom stereocenters. The maximum Gasteiger partial charge on any atom is 0.279 e. The molecule has 2 aromatic carbocycles. The van der Waals surface area contributed by atoms with Crippen molar-refractivity contribution >= 4 is 17.5 Å². The van der Waals surface area contributed by atoms with E-state index in [1.807, 2.05) is 0 Å². The number of amides is 2. The first-order chi connectivity index (χ1) is 14.5. The Labute approximate surface area is 175 Å². The number of benzene rings is 2. The maximum atomic E-state index is 13.6. The Morgan fingerprint density at radius 2 is 1.70 bits per heavy atom. The van der Waals surface area contributed by atoms with Crippen LogP contribution in [0, 0.1) is 5.82 Å². The maximum absolute atomic E-state index is 13.6. The molecule has 0 aliphatic carbocycles. The third-order valence-corrected chi connectivity index (χ3v) is 5.42. The molecule has 0 spiro atoms. The third kappa shape index (κ3) is 5.77. The molecule has 7 nitrogen and oxygen atoms in total. The van der Waals surface area contributed by atoms with E-state index in [2.05, 4.69) is 10.6 Å². The standard InChI is InChI=1S/C22H27FN4O3/c1-24-22(29)16-3-6-19(7-4-16)25-21(28)15-27-11-9-26(10-12-27)14-17-13-18(23)5-8-20(17)30-2/h3-8,13H,9-12,14-15H2,1-2H3,(H,24,29)(H,25,28)/p+2. The predicted molar refractivity (Wildman–Crippen MR) is 111 cm³/mol. The van der Waals surface area contributed by atoms with E-state index in [4.69, 9.17) is 4.74 Å². The van der Waals surface area contributed by atoms with Gasteiger partial charge in [0.25, 0.3) is 11.8 Å². The molecule has 0 bridgehead atoms. The van der Waals surface area contributed by atoms with Crippen molar-refractivity contribution in [2.75, 3.05) is 52.2 Å². The van der Waals surface area contributed by atoms with Crippen LogP contribution in [0.1, 0.15) is 15.9 Å². The van der Waals surface area contributed by atoms with Crippen LogP contribution in [0.3, 0.4) is 0 Å². The van der Waals surface area contributed by atoms with Crippen molar-refractivity contribution in [3.8, 4) is 5.75 Å². The topological polar surface area (TPSA) is 76.3 Å². The molecule has 3 rings (SSSR count). The zero-order valence-electron chi connectivity index (χ0n) is 17.4. The second kappa shape index (κ2) is 10.2. The smallest absolute Gasteiger partial charge is 0.279 e. The number of anilines is 1. The van der Waals surface area contributed by atoms with Crippen molar-refractivity contribution in [2.45, 2.75) is 6.54 Å². The van der Waals surface area contributed by atoms with Gasteiger partial charge in [-0.25, -0.2) is 4.39 Å². The second-order valence-electron chi connectivity index (χ2n) is 7.51. The lowest BCUT2D eigenvalue weighted by molar-refractivity contribution is -1.02. The van der Waals surface area contributed by atoms with E-state index < -0.39 is 0 Å². The molecule has 1 heterocycles. The van der Waals surface area contributed by atoms with Gasteiger partial charge >= 0.3 is 0 Å². The Morgan fingerprint density at radius 1 is 1.03 bits per heavy atom. The number of piperazine rings is 1. The zero-order valence-corrected chi connectivity index (χ0v) is 17.4. The highest BCUT2D eigenvalue weighted by Gasteiger charge is 2.25. The molecule has 1 aliphatic heterocycles. The van der Waals surface area contributed by atoms with Crippen LogP contribution >= 0.6 is 0 Å². The number of nitrogens with one attached hydrogen (secondary N) is 4. The van der Waals surface area contributed by atoms with E-state index in [-0.39, 0.29) is 17.6 Å². The number of quaternary nitrogens is 2. The van der Waals surface area contributed by atoms with Crippen molar-refractivity contribution in [3.05, 3.63) is 59.4 Å². The third-order valence-electron chi connectivity index (χ3n) is 5.42. The number of methoxy groups -OCH3 is 1. The highest BCUT2D eigenvalue weighted by molar-refractivity contribution is 5.95. The first-order valence-corrected chi connectivity index (χ1v) is 10.1. The molecule has 1 aliphatic rings. The average Bonchev–Trinajstić information content (AvgIpc) is 2.75. The van der Waals surface area contributed by atoms with Crippen LogP contribution in [-0.2, 0) is 11.3 Å². The highest BCUT2D eigenvalue weighted by atomic mass is 19.1. The van der Waals surface area contributed by atoms with Crippen molar-refractivity contribution in [2.24, 2.45) is 0 Å². The molecule has 1 saturated heterocycles. The molecule has 0 radical (unpaired) electrons. The number of hydrogen-bond acceptors (Lipinski definition) is 3. The van der Waals surface area contributed by atoms with Crippen LogP contribution in [0.4, 0.5) is 10.1 Å². The van der Waals surface area contributed by atoms with Gasteiger partial charge in [-0.3, -0.25) is 9.59 Å². The van der Waals surface area contributed by atoms with Crippen LogP contribution in [-0.4, -0.2) is 58.7 Å². The molecule has 4 N–H and O–H groups in total. The second-order valence-corrected chi connectivity index (χ2v) is 7.51. The van der Waals surface area contributed by atoms with E-state index in [1.165, 1.54) is 21.9 Å². The van der Waals surface area contributed by atoms with Gasteiger partial charge in [0.1, 0.15) is 44.3 Å². The molecule has 0 unspecified atom stereocenters. The summed E-state index contributed by atoms with van der Waals surface area (Å²) in [6.45, 7) is 4.66. The Kier molecular flexibility index (Phi) is 7.37. The molecular weight excluding hydrogens is 387 g/mol. The summed E-state index contributed by atoms with van der Waals surface area (Å²) in [4.78, 5) is 26.5. The van der Waals surface area contributed by atoms with Gasteiger partial charge in [-0.05, 0) is 42.5 Å². The lowest BCUT2D eigenvalue weighted by Crippen LogP contribution is -3.28. The summed E-state index contributed by atoms with van der Waals surface area (Å²) in [5.74, 6) is 0.247. The fraction of sp³-hybridized carbons (Fsp3) is 0.364. The molecular formula is C22H29FN4O3+2. The van der Waals surface area contributed by atoms with Gasteiger partial charge in [0.2, 0.25) is 0 Å². The largest absolute Gasteiger partial charge is 0.496 e. The normalized spacial score (nSPS) is 18.5. The van der Waals surface area contributed by atoms with Crippen LogP contribution in [0.2, 0.25) is 0 Å². The van der Waals surface area contributed by atoms with Crippen molar-refractivity contribution in [1.82, 2.24) is 5.32 Å². The van der Waals surface area contributed by atoms with Gasteiger partial charge in [-0.15, -0.1) is 0 Å². The van der Waals surface area contributed by atoms with Crippen LogP contribution in [0.25, 0.3) is 0 Å². The molecule has 2 amide bonds. The molecule has 0 aromatic heterocycles. The van der Waals surface area contributed by atoms with E-state index >= 15 is 0 Å². The monoisotopic (exact) mass is 416 g/mol. The minimum atomic E-state index is -0.255. The summed E-state index contributed by atoms with van der Waals surface area (Å²) in [7, 11) is 3.18. The summed E-state index contributed by atoms with van der Waals surface area (Å²) in [5, 5.41) is 5.46. The van der Waals surface area contributed by atoms with Gasteiger partial charge in [-0.2, -0.15) is 0 Å². The fourth-order valence-corrected chi connectivity index (χ4v) is 3.75. The van der Waals surface area contributed by atoms with Crippen molar-refractivity contribution < 1.29 is 28.5 Å². The predicted octanol–water partition coefficient (Wildman–Crippen LogP) is -0.884. The molecule has 160 valence electrons. The zero-order chi connectivity index (χ0) is 21.5. The first-order valence-electron chi connectivity index (χ1n) is 10.1. The Bertz CT molecular complexity index is 880. The first kappa shape index (κ1) is 21.7. The minimum Gasteiger partial charge on any atom is -0.496 e. The van der Waals surface area contributed by atoms with Gasteiger partial charge in [0, 0.05) is 18.3 Å². The fourth-order valence-electron chi connectivity index (χ4n) is 3.75. The average molecular weight is 416 g/mol. The van der Waals surface area contributed by atoms with Crippen LogP contribution < -0.4 is 25.2 Å². The Morgan fingerprint density at radius 3 is 2.33 bits per heavy atom. The lowest BCUT2D eigenvalue weighted by atomic mass is 10.1. The number of carbonyl (C=O) groups is 2. The van der Waals surface area contributed by atoms with Crippen LogP contribution in [0.5, 0.6) is 5.75 Å². The number of hydrogen-bond donors (Lipinski definition) is 4. The van der Waals surface area contributed by atoms with Crippen molar-refractivity contribution in [1.29, 1.82) is 0 Å². The van der Waals surface area contributed by atoms with Crippen molar-refractivity contribution in [3.63, 3.8) is 0 Å². The van der Waals surface area contributed by atoms with E-state index in [0.717, 1.165) is 31.7 Å². The molecule has 1 fully saturated rings.